The molecule has 2 aliphatic rings. The van der Waals surface area contributed by atoms with Gasteiger partial charge in [-0.2, -0.15) is 0 Å². The molecule has 0 spiro atoms. The summed E-state index contributed by atoms with van der Waals surface area (Å²) in [6.07, 6.45) is 22.3. The fourth-order valence-electron chi connectivity index (χ4n) is 7.79. The lowest BCUT2D eigenvalue weighted by Gasteiger charge is -2.32. The van der Waals surface area contributed by atoms with Gasteiger partial charge in [0.05, 0.1) is 31.4 Å². The molecule has 0 atom stereocenters. The number of ether oxygens (including phenoxy) is 4. The summed E-state index contributed by atoms with van der Waals surface area (Å²) in [4.78, 5) is 34.4. The third-order valence-corrected chi connectivity index (χ3v) is 14.0. The van der Waals surface area contributed by atoms with Gasteiger partial charge in [0, 0.05) is 18.1 Å². The Morgan fingerprint density at radius 1 is 0.722 bits per heavy atom. The molecule has 14 heteroatoms. The number of benzene rings is 4. The molecular formula is C58H63I3O11. The van der Waals surface area contributed by atoms with E-state index in [1.165, 1.54) is 57.1 Å². The number of esters is 1. The molecule has 1 saturated carbocycles. The Balaban J connectivity index is 0.000000236. The molecule has 0 aromatic heterocycles. The van der Waals surface area contributed by atoms with Crippen LogP contribution in [0.4, 0.5) is 0 Å². The number of Topliss-reactive ketones (excluding diaryl/α,β-unsaturated/α-hetero) is 1. The minimum atomic E-state index is -0.858. The number of methoxy groups -OCH3 is 2. The number of ketones is 1. The third kappa shape index (κ3) is 18.9. The van der Waals surface area contributed by atoms with Crippen LogP contribution in [0.15, 0.2) is 137 Å². The van der Waals surface area contributed by atoms with E-state index >= 15 is 0 Å². The van der Waals surface area contributed by atoms with Crippen LogP contribution in [0.25, 0.3) is 12.2 Å². The van der Waals surface area contributed by atoms with Crippen LogP contribution in [0.3, 0.4) is 0 Å². The second-order valence-electron chi connectivity index (χ2n) is 17.8. The van der Waals surface area contributed by atoms with Gasteiger partial charge in [0.1, 0.15) is 18.1 Å². The van der Waals surface area contributed by atoms with Gasteiger partial charge in [-0.05, 0) is 228 Å². The van der Waals surface area contributed by atoms with Gasteiger partial charge in [-0.25, -0.2) is 0 Å². The number of allylic oxidation sites excluding steroid dienone is 11. The Labute approximate surface area is 464 Å². The summed E-state index contributed by atoms with van der Waals surface area (Å²) < 4.78 is 23.4. The average molecular weight is 1320 g/mol. The Kier molecular flexibility index (Phi) is 23.7. The highest BCUT2D eigenvalue weighted by Crippen LogP contribution is 2.41. The van der Waals surface area contributed by atoms with Crippen molar-refractivity contribution in [2.24, 2.45) is 5.41 Å². The lowest BCUT2D eigenvalue weighted by atomic mass is 9.72. The molecule has 0 amide bonds. The number of hydrogen-bond acceptors (Lipinski definition) is 10. The van der Waals surface area contributed by atoms with Crippen molar-refractivity contribution in [3.8, 4) is 40.2 Å². The molecule has 2 aliphatic carbocycles. The Morgan fingerprint density at radius 2 is 1.29 bits per heavy atom. The van der Waals surface area contributed by atoms with Gasteiger partial charge in [0.15, 0.2) is 34.5 Å². The molecule has 4 aromatic carbocycles. The molecule has 0 saturated heterocycles. The first-order valence-electron chi connectivity index (χ1n) is 23.2. The number of phenolic OH excluding ortho intramolecular Hbond substituents is 3. The standard InChI is InChI=1S/C22H22O5.C22H32O2.C14H9I3O4/c1-26-20-12-14(6-8-18(20)23)10-16-4-3-5-17(22(16)25)11-15-7-9-19(24)21(13-15)27-2;1-17(9-7-10-18(2)14-16-24-20(4)23)12-13-21-19(3)11-8-15-22(21,5)6;15-9-6-8(1-2-12(9)18)21-14-10(16)3-7(4-11(14)17)5-13(19)20/h6-13,23-24H,3-5H2,1-2H3;7,9-10,12-14H,8,11,15-16H2,1-6H3;1-4,6,18H,5H2,(H,19,20)/b16-10-,17-11-;10-7+,13-12+,17-9+,18-14+;. The molecule has 0 heterocycles. The zero-order valence-electron chi connectivity index (χ0n) is 41.9. The van der Waals surface area contributed by atoms with Crippen molar-refractivity contribution in [1.82, 2.24) is 0 Å². The van der Waals surface area contributed by atoms with Crippen molar-refractivity contribution in [3.63, 3.8) is 0 Å². The fraction of sp³-hybridized carbons (Fsp3) is 0.293. The first kappa shape index (κ1) is 59.2. The first-order valence-corrected chi connectivity index (χ1v) is 26.4. The molecule has 0 bridgehead atoms. The quantitative estimate of drug-likeness (QED) is 0.0410. The number of carboxylic acids is 1. The molecule has 6 rings (SSSR count). The third-order valence-electron chi connectivity index (χ3n) is 11.6. The SMILES string of the molecule is CC(=O)OC/C=C(C)/C=C/C=C(C)/C=C/C1=C(C)CCCC1(C)C.COc1cc(/C=C2/CCC/C(=C/c3ccc(O)c(OC)c3)C2=O)ccc1O.O=C(O)Cc1cc(I)c(Oc2ccc(O)c(I)c2)c(I)c1. The lowest BCUT2D eigenvalue weighted by molar-refractivity contribution is -0.140. The fourth-order valence-corrected chi connectivity index (χ4v) is 10.4. The molecule has 0 unspecified atom stereocenters. The van der Waals surface area contributed by atoms with Gasteiger partial charge < -0.3 is 39.4 Å². The van der Waals surface area contributed by atoms with E-state index in [1.807, 2.05) is 59.9 Å². The zero-order valence-corrected chi connectivity index (χ0v) is 48.4. The predicted molar refractivity (Wildman–Crippen MR) is 311 cm³/mol. The molecule has 0 radical (unpaired) electrons. The van der Waals surface area contributed by atoms with Gasteiger partial charge in [-0.15, -0.1) is 0 Å². The summed E-state index contributed by atoms with van der Waals surface area (Å²) >= 11 is 6.28. The maximum atomic E-state index is 12.9. The van der Waals surface area contributed by atoms with Crippen LogP contribution >= 0.6 is 67.8 Å². The summed E-state index contributed by atoms with van der Waals surface area (Å²) in [7, 11) is 2.98. The summed E-state index contributed by atoms with van der Waals surface area (Å²) in [5.74, 6) is 1.31. The van der Waals surface area contributed by atoms with Crippen LogP contribution in [0.5, 0.6) is 40.2 Å². The lowest BCUT2D eigenvalue weighted by Crippen LogP contribution is -2.19. The van der Waals surface area contributed by atoms with E-state index in [2.05, 4.69) is 91.1 Å². The van der Waals surface area contributed by atoms with Crippen molar-refractivity contribution in [2.45, 2.75) is 86.5 Å². The predicted octanol–water partition coefficient (Wildman–Crippen LogP) is 15.0. The minimum Gasteiger partial charge on any atom is -0.507 e. The number of aliphatic carboxylic acids is 1. The van der Waals surface area contributed by atoms with Gasteiger partial charge >= 0.3 is 11.9 Å². The van der Waals surface area contributed by atoms with Crippen molar-refractivity contribution in [2.75, 3.05) is 20.8 Å². The summed E-state index contributed by atoms with van der Waals surface area (Å²) in [6, 6.07) is 18.6. The number of phenols is 3. The number of halogens is 3. The zero-order chi connectivity index (χ0) is 53.1. The molecular weight excluding hydrogens is 1250 g/mol. The topological polar surface area (TPSA) is 169 Å². The number of carbonyl (C=O) groups is 3. The maximum Gasteiger partial charge on any atom is 0.307 e. The first-order chi connectivity index (χ1) is 34.1. The molecule has 4 aromatic rings. The monoisotopic (exact) mass is 1320 g/mol. The van der Waals surface area contributed by atoms with Crippen molar-refractivity contribution in [1.29, 1.82) is 0 Å². The average Bonchev–Trinajstić information content (AvgIpc) is 3.31. The van der Waals surface area contributed by atoms with Crippen LogP contribution in [0.2, 0.25) is 0 Å². The smallest absolute Gasteiger partial charge is 0.307 e. The molecule has 1 fully saturated rings. The highest BCUT2D eigenvalue weighted by Gasteiger charge is 2.26. The van der Waals surface area contributed by atoms with E-state index in [9.17, 15) is 29.7 Å². The van der Waals surface area contributed by atoms with Crippen LogP contribution in [0, 0.1) is 16.1 Å². The summed E-state index contributed by atoms with van der Waals surface area (Å²) in [5.41, 5.74) is 9.40. The van der Waals surface area contributed by atoms with Crippen LogP contribution in [-0.2, 0) is 25.5 Å². The molecule has 382 valence electrons. The number of rotatable bonds is 14. The Bertz CT molecular complexity index is 2730. The van der Waals surface area contributed by atoms with E-state index in [1.54, 1.807) is 66.7 Å². The molecule has 72 heavy (non-hydrogen) atoms. The van der Waals surface area contributed by atoms with E-state index in [0.717, 1.165) is 47.0 Å². The highest BCUT2D eigenvalue weighted by atomic mass is 127. The van der Waals surface area contributed by atoms with Gasteiger partial charge in [-0.3, -0.25) is 14.4 Å². The van der Waals surface area contributed by atoms with Crippen molar-refractivity contribution < 1.29 is 53.8 Å². The number of carbonyl (C=O) groups excluding carboxylic acids is 2. The summed E-state index contributed by atoms with van der Waals surface area (Å²) in [6.45, 7) is 12.8. The number of hydrogen-bond donors (Lipinski definition) is 4. The number of aromatic hydroxyl groups is 3. The molecule has 4 N–H and O–H groups in total. The number of carboxylic acid groups (broad SMARTS) is 1. The Hall–Kier alpha value is -5.34. The van der Waals surface area contributed by atoms with Crippen LogP contribution in [-0.4, -0.2) is 59.0 Å². The second-order valence-corrected chi connectivity index (χ2v) is 21.3. The molecule has 0 aliphatic heterocycles. The van der Waals surface area contributed by atoms with Crippen LogP contribution in [0.1, 0.15) is 96.8 Å². The van der Waals surface area contributed by atoms with Gasteiger partial charge in [0.25, 0.3) is 0 Å². The highest BCUT2D eigenvalue weighted by molar-refractivity contribution is 14.1. The minimum absolute atomic E-state index is 0.0105. The largest absolute Gasteiger partial charge is 0.507 e. The van der Waals surface area contributed by atoms with E-state index in [0.29, 0.717) is 46.0 Å². The second kappa shape index (κ2) is 28.8. The van der Waals surface area contributed by atoms with Crippen molar-refractivity contribution >= 4 is 97.6 Å². The summed E-state index contributed by atoms with van der Waals surface area (Å²) in [5, 5.41) is 37.8. The normalized spacial score (nSPS) is 16.0. The van der Waals surface area contributed by atoms with Crippen LogP contribution < -0.4 is 14.2 Å². The van der Waals surface area contributed by atoms with E-state index in [4.69, 9.17) is 24.1 Å². The Morgan fingerprint density at radius 3 is 1.81 bits per heavy atom. The van der Waals surface area contributed by atoms with Crippen molar-refractivity contribution in [3.05, 3.63) is 164 Å². The van der Waals surface area contributed by atoms with Gasteiger partial charge in [0.2, 0.25) is 0 Å². The van der Waals surface area contributed by atoms with E-state index in [-0.39, 0.29) is 40.8 Å². The maximum absolute atomic E-state index is 12.9. The van der Waals surface area contributed by atoms with E-state index < -0.39 is 5.97 Å². The van der Waals surface area contributed by atoms with Gasteiger partial charge in [-0.1, -0.05) is 73.1 Å². The molecule has 11 nitrogen and oxygen atoms in total.